The number of nitrogens with one attached hydrogen (secondary N) is 1. The minimum atomic E-state index is -0.483. The number of hydrogen-bond acceptors (Lipinski definition) is 3. The maximum Gasteiger partial charge on any atom is 0.237 e. The number of methoxy groups -OCH3 is 1. The second-order valence-electron chi connectivity index (χ2n) is 4.91. The van der Waals surface area contributed by atoms with Gasteiger partial charge in [-0.3, -0.25) is 4.79 Å². The number of amides is 1. The van der Waals surface area contributed by atoms with E-state index in [1.165, 1.54) is 0 Å². The normalized spacial score (nSPS) is 14.9. The third-order valence-electron chi connectivity index (χ3n) is 2.42. The van der Waals surface area contributed by atoms with E-state index in [0.717, 1.165) is 6.42 Å². The van der Waals surface area contributed by atoms with Crippen LogP contribution in [-0.2, 0) is 9.53 Å². The number of hydrogen-bond donors (Lipinski definition) is 2. The van der Waals surface area contributed by atoms with E-state index < -0.39 is 6.04 Å². The van der Waals surface area contributed by atoms with Crippen molar-refractivity contribution in [3.8, 4) is 0 Å². The molecule has 0 aromatic carbocycles. The van der Waals surface area contributed by atoms with Gasteiger partial charge in [0.2, 0.25) is 5.91 Å². The highest BCUT2D eigenvalue weighted by atomic mass is 35.5. The number of ether oxygens (including phenoxy) is 1. The lowest BCUT2D eigenvalue weighted by atomic mass is 9.87. The number of carbonyl (C=O) groups excluding carboxylic acids is 1. The molecule has 0 bridgehead atoms. The molecule has 98 valence electrons. The van der Waals surface area contributed by atoms with Gasteiger partial charge in [0.15, 0.2) is 0 Å². The molecule has 0 saturated carbocycles. The molecule has 5 heteroatoms. The summed E-state index contributed by atoms with van der Waals surface area (Å²) >= 11 is 0. The lowest BCUT2D eigenvalue weighted by Crippen LogP contribution is -2.52. The van der Waals surface area contributed by atoms with Crippen LogP contribution in [0.4, 0.5) is 0 Å². The van der Waals surface area contributed by atoms with Crippen LogP contribution in [0.2, 0.25) is 0 Å². The second-order valence-corrected chi connectivity index (χ2v) is 4.91. The quantitative estimate of drug-likeness (QED) is 0.776. The van der Waals surface area contributed by atoms with Crippen LogP contribution in [-0.4, -0.2) is 31.7 Å². The standard InChI is InChI=1S/C11H24N2O2.ClH/c1-6-8(7-15-5)13-10(14)9(12)11(2,3)4;/h8-9H,6-7,12H2,1-5H3,(H,13,14);1H/t8?,9-;/m1./s1. The first kappa shape index (κ1) is 18.1. The van der Waals surface area contributed by atoms with Crippen molar-refractivity contribution < 1.29 is 9.53 Å². The zero-order chi connectivity index (χ0) is 12.1. The van der Waals surface area contributed by atoms with Gasteiger partial charge in [-0.2, -0.15) is 0 Å². The Bertz CT molecular complexity index is 205. The summed E-state index contributed by atoms with van der Waals surface area (Å²) in [6.45, 7) is 8.39. The summed E-state index contributed by atoms with van der Waals surface area (Å²) in [6, 6.07) is -0.431. The summed E-state index contributed by atoms with van der Waals surface area (Å²) in [6.07, 6.45) is 0.844. The molecule has 3 N–H and O–H groups in total. The third-order valence-corrected chi connectivity index (χ3v) is 2.42. The van der Waals surface area contributed by atoms with Gasteiger partial charge in [0.25, 0.3) is 0 Å². The van der Waals surface area contributed by atoms with Gasteiger partial charge in [0, 0.05) is 7.11 Å². The monoisotopic (exact) mass is 252 g/mol. The fraction of sp³-hybridized carbons (Fsp3) is 0.909. The highest BCUT2D eigenvalue weighted by molar-refractivity contribution is 5.85. The third kappa shape index (κ3) is 6.30. The molecule has 0 aromatic rings. The maximum absolute atomic E-state index is 11.7. The number of nitrogens with two attached hydrogens (primary N) is 1. The Kier molecular flexibility index (Phi) is 8.88. The van der Waals surface area contributed by atoms with Crippen molar-refractivity contribution in [1.82, 2.24) is 5.32 Å². The van der Waals surface area contributed by atoms with Crippen molar-refractivity contribution >= 4 is 18.3 Å². The summed E-state index contributed by atoms with van der Waals surface area (Å²) < 4.78 is 5.01. The van der Waals surface area contributed by atoms with Gasteiger partial charge in [-0.25, -0.2) is 0 Å². The van der Waals surface area contributed by atoms with Crippen LogP contribution in [0.5, 0.6) is 0 Å². The van der Waals surface area contributed by atoms with E-state index in [-0.39, 0.29) is 29.8 Å². The largest absolute Gasteiger partial charge is 0.383 e. The molecule has 0 aromatic heterocycles. The van der Waals surface area contributed by atoms with Crippen LogP contribution in [0, 0.1) is 5.41 Å². The molecule has 1 unspecified atom stereocenters. The smallest absolute Gasteiger partial charge is 0.237 e. The molecule has 0 heterocycles. The average Bonchev–Trinajstić information content (AvgIpc) is 2.14. The molecule has 0 rings (SSSR count). The maximum atomic E-state index is 11.7. The molecule has 0 saturated heterocycles. The summed E-state index contributed by atoms with van der Waals surface area (Å²) in [4.78, 5) is 11.7. The Morgan fingerprint density at radius 3 is 2.25 bits per heavy atom. The van der Waals surface area contributed by atoms with Crippen LogP contribution in [0.25, 0.3) is 0 Å². The van der Waals surface area contributed by atoms with Crippen molar-refractivity contribution in [3.63, 3.8) is 0 Å². The molecule has 4 nitrogen and oxygen atoms in total. The highest BCUT2D eigenvalue weighted by Gasteiger charge is 2.28. The Labute approximate surface area is 105 Å². The summed E-state index contributed by atoms with van der Waals surface area (Å²) in [7, 11) is 1.62. The molecular weight excluding hydrogens is 228 g/mol. The van der Waals surface area contributed by atoms with E-state index in [9.17, 15) is 4.79 Å². The van der Waals surface area contributed by atoms with E-state index in [0.29, 0.717) is 6.61 Å². The van der Waals surface area contributed by atoms with Crippen molar-refractivity contribution in [2.45, 2.75) is 46.2 Å². The predicted octanol–water partition coefficient (Wildman–Crippen LogP) is 1.32. The number of rotatable bonds is 5. The topological polar surface area (TPSA) is 64.3 Å². The van der Waals surface area contributed by atoms with Gasteiger partial charge in [-0.15, -0.1) is 12.4 Å². The highest BCUT2D eigenvalue weighted by Crippen LogP contribution is 2.17. The van der Waals surface area contributed by atoms with Crippen molar-refractivity contribution in [3.05, 3.63) is 0 Å². The molecule has 0 aliphatic heterocycles. The molecule has 1 amide bonds. The van der Waals surface area contributed by atoms with Crippen LogP contribution < -0.4 is 11.1 Å². The molecule has 0 radical (unpaired) electrons. The van der Waals surface area contributed by atoms with Gasteiger partial charge in [0.05, 0.1) is 18.7 Å². The number of carbonyl (C=O) groups is 1. The van der Waals surface area contributed by atoms with E-state index >= 15 is 0 Å². The van der Waals surface area contributed by atoms with E-state index in [2.05, 4.69) is 5.32 Å². The lowest BCUT2D eigenvalue weighted by molar-refractivity contribution is -0.125. The Morgan fingerprint density at radius 1 is 1.44 bits per heavy atom. The van der Waals surface area contributed by atoms with Crippen molar-refractivity contribution in [2.24, 2.45) is 11.1 Å². The number of halogens is 1. The molecule has 0 fully saturated rings. The van der Waals surface area contributed by atoms with E-state index in [1.807, 2.05) is 27.7 Å². The minimum absolute atomic E-state index is 0. The van der Waals surface area contributed by atoms with Crippen LogP contribution in [0.3, 0.4) is 0 Å². The fourth-order valence-electron chi connectivity index (χ4n) is 1.15. The molecule has 0 aliphatic carbocycles. The molecule has 16 heavy (non-hydrogen) atoms. The lowest BCUT2D eigenvalue weighted by Gasteiger charge is -2.27. The predicted molar refractivity (Wildman–Crippen MR) is 68.8 cm³/mol. The molecule has 0 spiro atoms. The first-order chi connectivity index (χ1) is 6.82. The Balaban J connectivity index is 0. The van der Waals surface area contributed by atoms with Gasteiger partial charge in [0.1, 0.15) is 0 Å². The first-order valence-corrected chi connectivity index (χ1v) is 5.37. The Hall–Kier alpha value is -0.320. The Morgan fingerprint density at radius 2 is 1.94 bits per heavy atom. The van der Waals surface area contributed by atoms with Gasteiger partial charge < -0.3 is 15.8 Å². The fourth-order valence-corrected chi connectivity index (χ4v) is 1.15. The molecule has 2 atom stereocenters. The minimum Gasteiger partial charge on any atom is -0.383 e. The van der Waals surface area contributed by atoms with Crippen LogP contribution in [0.1, 0.15) is 34.1 Å². The van der Waals surface area contributed by atoms with Gasteiger partial charge in [-0.05, 0) is 11.8 Å². The SMILES string of the molecule is CCC(COC)NC(=O)[C@@H](N)C(C)(C)C.Cl. The summed E-state index contributed by atoms with van der Waals surface area (Å²) in [5, 5.41) is 2.88. The summed E-state index contributed by atoms with van der Waals surface area (Å²) in [5.74, 6) is -0.105. The zero-order valence-electron chi connectivity index (χ0n) is 10.9. The first-order valence-electron chi connectivity index (χ1n) is 5.37. The molecule has 0 aliphatic rings. The second kappa shape index (κ2) is 7.87. The van der Waals surface area contributed by atoms with Gasteiger partial charge >= 0.3 is 0 Å². The van der Waals surface area contributed by atoms with E-state index in [4.69, 9.17) is 10.5 Å². The van der Waals surface area contributed by atoms with Crippen molar-refractivity contribution in [2.75, 3.05) is 13.7 Å². The zero-order valence-corrected chi connectivity index (χ0v) is 11.7. The molecular formula is C11H25ClN2O2. The summed E-state index contributed by atoms with van der Waals surface area (Å²) in [5.41, 5.74) is 5.63. The average molecular weight is 253 g/mol. The van der Waals surface area contributed by atoms with Crippen LogP contribution >= 0.6 is 12.4 Å². The van der Waals surface area contributed by atoms with Crippen molar-refractivity contribution in [1.29, 1.82) is 0 Å². The van der Waals surface area contributed by atoms with Gasteiger partial charge in [-0.1, -0.05) is 27.7 Å². The van der Waals surface area contributed by atoms with Crippen LogP contribution in [0.15, 0.2) is 0 Å². The van der Waals surface area contributed by atoms with E-state index in [1.54, 1.807) is 7.11 Å².